The zero-order chi connectivity index (χ0) is 14.7. The Kier molecular flexibility index (Phi) is 4.80. The van der Waals surface area contributed by atoms with Crippen molar-refractivity contribution >= 4 is 10.8 Å². The van der Waals surface area contributed by atoms with Gasteiger partial charge in [-0.2, -0.15) is 0 Å². The molecule has 5 heteroatoms. The molecule has 0 aromatic heterocycles. The summed E-state index contributed by atoms with van der Waals surface area (Å²) in [5.74, 6) is 1.48. The van der Waals surface area contributed by atoms with Gasteiger partial charge in [-0.15, -0.1) is 0 Å². The third-order valence-corrected chi connectivity index (χ3v) is 5.96. The molecule has 21 heavy (non-hydrogen) atoms. The van der Waals surface area contributed by atoms with Gasteiger partial charge in [0.25, 0.3) is 0 Å². The second kappa shape index (κ2) is 6.79. The standard InChI is InChI=1S/C16H23NO3S/c1-2-8-17-13-4-3-5-16(13)21(18)12-6-7-14-15(11-12)20-10-9-19-14/h6-7,11,13,16-17H,2-5,8-10H2,1H3. The normalized spacial score (nSPS) is 25.8. The van der Waals surface area contributed by atoms with E-state index in [2.05, 4.69) is 12.2 Å². The smallest absolute Gasteiger partial charge is 0.162 e. The van der Waals surface area contributed by atoms with Crippen molar-refractivity contribution in [3.8, 4) is 11.5 Å². The van der Waals surface area contributed by atoms with Crippen LogP contribution in [-0.4, -0.2) is 35.3 Å². The first-order chi connectivity index (χ1) is 10.3. The molecule has 3 atom stereocenters. The SMILES string of the molecule is CCCNC1CCCC1S(=O)c1ccc2c(c1)OCCO2. The van der Waals surface area contributed by atoms with E-state index in [1.165, 1.54) is 0 Å². The number of nitrogens with one attached hydrogen (secondary N) is 1. The van der Waals surface area contributed by atoms with E-state index in [9.17, 15) is 4.21 Å². The molecule has 1 aromatic carbocycles. The second-order valence-electron chi connectivity index (χ2n) is 5.63. The van der Waals surface area contributed by atoms with E-state index < -0.39 is 10.8 Å². The number of fused-ring (bicyclic) bond motifs is 1. The third-order valence-electron chi connectivity index (χ3n) is 4.13. The maximum Gasteiger partial charge on any atom is 0.162 e. The van der Waals surface area contributed by atoms with E-state index >= 15 is 0 Å². The maximum atomic E-state index is 12.9. The molecule has 1 fully saturated rings. The molecule has 0 radical (unpaired) electrons. The lowest BCUT2D eigenvalue weighted by molar-refractivity contribution is 0.171. The summed E-state index contributed by atoms with van der Waals surface area (Å²) in [4.78, 5) is 0.856. The van der Waals surface area contributed by atoms with Crippen LogP contribution in [0.15, 0.2) is 23.1 Å². The summed E-state index contributed by atoms with van der Waals surface area (Å²) in [6, 6.07) is 6.06. The molecule has 2 aliphatic rings. The van der Waals surface area contributed by atoms with Gasteiger partial charge in [-0.25, -0.2) is 0 Å². The van der Waals surface area contributed by atoms with Crippen molar-refractivity contribution in [2.45, 2.75) is 48.8 Å². The minimum absolute atomic E-state index is 0.208. The predicted molar refractivity (Wildman–Crippen MR) is 83.6 cm³/mol. The van der Waals surface area contributed by atoms with E-state index in [0.29, 0.717) is 19.3 Å². The van der Waals surface area contributed by atoms with E-state index in [4.69, 9.17) is 9.47 Å². The molecule has 1 N–H and O–H groups in total. The Morgan fingerprint density at radius 2 is 2.05 bits per heavy atom. The molecule has 3 rings (SSSR count). The van der Waals surface area contributed by atoms with E-state index in [-0.39, 0.29) is 5.25 Å². The molecule has 116 valence electrons. The van der Waals surface area contributed by atoms with Crippen molar-refractivity contribution in [3.05, 3.63) is 18.2 Å². The van der Waals surface area contributed by atoms with Crippen molar-refractivity contribution in [1.29, 1.82) is 0 Å². The van der Waals surface area contributed by atoms with Crippen LogP contribution in [0.4, 0.5) is 0 Å². The average Bonchev–Trinajstić information content (AvgIpc) is 3.00. The van der Waals surface area contributed by atoms with Gasteiger partial charge in [0.2, 0.25) is 0 Å². The summed E-state index contributed by atoms with van der Waals surface area (Å²) in [7, 11) is -0.988. The van der Waals surface area contributed by atoms with Crippen LogP contribution >= 0.6 is 0 Å². The van der Waals surface area contributed by atoms with Crippen molar-refractivity contribution in [3.63, 3.8) is 0 Å². The molecule has 0 bridgehead atoms. The molecule has 1 saturated carbocycles. The minimum Gasteiger partial charge on any atom is -0.486 e. The number of hydrogen-bond donors (Lipinski definition) is 1. The van der Waals surface area contributed by atoms with Crippen LogP contribution in [0, 0.1) is 0 Å². The fraction of sp³-hybridized carbons (Fsp3) is 0.625. The molecule has 1 aliphatic carbocycles. The average molecular weight is 309 g/mol. The van der Waals surface area contributed by atoms with E-state index in [0.717, 1.165) is 48.6 Å². The van der Waals surface area contributed by atoms with E-state index in [1.807, 2.05) is 18.2 Å². The lowest BCUT2D eigenvalue weighted by Gasteiger charge is -2.22. The fourth-order valence-corrected chi connectivity index (χ4v) is 4.76. The highest BCUT2D eigenvalue weighted by Gasteiger charge is 2.32. The first kappa shape index (κ1) is 14.9. The van der Waals surface area contributed by atoms with Crippen molar-refractivity contribution < 1.29 is 13.7 Å². The number of rotatable bonds is 5. The molecule has 1 heterocycles. The summed E-state index contributed by atoms with van der Waals surface area (Å²) in [6.45, 7) is 4.31. The van der Waals surface area contributed by atoms with Crippen LogP contribution in [0.1, 0.15) is 32.6 Å². The molecule has 0 saturated heterocycles. The molecular formula is C16H23NO3S. The van der Waals surface area contributed by atoms with Crippen molar-refractivity contribution in [2.24, 2.45) is 0 Å². The van der Waals surface area contributed by atoms with Crippen LogP contribution in [0.2, 0.25) is 0 Å². The summed E-state index contributed by atoms with van der Waals surface area (Å²) in [6.07, 6.45) is 4.42. The fourth-order valence-electron chi connectivity index (χ4n) is 3.07. The van der Waals surface area contributed by atoms with Crippen LogP contribution in [-0.2, 0) is 10.8 Å². The summed E-state index contributed by atoms with van der Waals surface area (Å²) in [5, 5.41) is 3.75. The zero-order valence-electron chi connectivity index (χ0n) is 12.5. The van der Waals surface area contributed by atoms with Gasteiger partial charge in [-0.3, -0.25) is 4.21 Å². The van der Waals surface area contributed by atoms with Crippen LogP contribution in [0.3, 0.4) is 0 Å². The van der Waals surface area contributed by atoms with Crippen LogP contribution in [0.5, 0.6) is 11.5 Å². The predicted octanol–water partition coefficient (Wildman–Crippen LogP) is 2.49. The van der Waals surface area contributed by atoms with Gasteiger partial charge in [0.15, 0.2) is 11.5 Å². The molecule has 0 spiro atoms. The van der Waals surface area contributed by atoms with Gasteiger partial charge in [0.1, 0.15) is 13.2 Å². The highest BCUT2D eigenvalue weighted by atomic mass is 32.2. The van der Waals surface area contributed by atoms with Crippen LogP contribution < -0.4 is 14.8 Å². The number of benzene rings is 1. The van der Waals surface area contributed by atoms with Gasteiger partial charge >= 0.3 is 0 Å². The Hall–Kier alpha value is -1.07. The van der Waals surface area contributed by atoms with Gasteiger partial charge in [0, 0.05) is 17.0 Å². The molecule has 4 nitrogen and oxygen atoms in total. The minimum atomic E-state index is -0.988. The second-order valence-corrected chi connectivity index (χ2v) is 7.30. The third kappa shape index (κ3) is 3.24. The van der Waals surface area contributed by atoms with Gasteiger partial charge < -0.3 is 14.8 Å². The Morgan fingerprint density at radius 3 is 2.86 bits per heavy atom. The van der Waals surface area contributed by atoms with Crippen molar-refractivity contribution in [1.82, 2.24) is 5.32 Å². The van der Waals surface area contributed by atoms with Gasteiger partial charge in [-0.05, 0) is 37.9 Å². The Balaban J connectivity index is 1.75. The largest absolute Gasteiger partial charge is 0.486 e. The lowest BCUT2D eigenvalue weighted by atomic mass is 10.2. The Labute approximate surface area is 128 Å². The molecular weight excluding hydrogens is 286 g/mol. The molecule has 3 unspecified atom stereocenters. The number of hydrogen-bond acceptors (Lipinski definition) is 4. The molecule has 1 aromatic rings. The first-order valence-electron chi connectivity index (χ1n) is 7.83. The lowest BCUT2D eigenvalue weighted by Crippen LogP contribution is -2.38. The van der Waals surface area contributed by atoms with Gasteiger partial charge in [0.05, 0.1) is 16.0 Å². The molecule has 0 amide bonds. The summed E-state index contributed by atoms with van der Waals surface area (Å²) >= 11 is 0. The van der Waals surface area contributed by atoms with Gasteiger partial charge in [-0.1, -0.05) is 13.3 Å². The topological polar surface area (TPSA) is 47.6 Å². The monoisotopic (exact) mass is 309 g/mol. The summed E-state index contributed by atoms with van der Waals surface area (Å²) in [5.41, 5.74) is 0. The number of ether oxygens (including phenoxy) is 2. The van der Waals surface area contributed by atoms with Crippen molar-refractivity contribution in [2.75, 3.05) is 19.8 Å². The first-order valence-corrected chi connectivity index (χ1v) is 9.04. The quantitative estimate of drug-likeness (QED) is 0.908. The van der Waals surface area contributed by atoms with Crippen LogP contribution in [0.25, 0.3) is 0 Å². The summed E-state index contributed by atoms with van der Waals surface area (Å²) < 4.78 is 24.0. The highest BCUT2D eigenvalue weighted by Crippen LogP contribution is 2.34. The Morgan fingerprint density at radius 1 is 1.24 bits per heavy atom. The molecule has 1 aliphatic heterocycles. The highest BCUT2D eigenvalue weighted by molar-refractivity contribution is 7.85. The Bertz CT molecular complexity index is 520. The van der Waals surface area contributed by atoms with E-state index in [1.54, 1.807) is 0 Å². The zero-order valence-corrected chi connectivity index (χ0v) is 13.3. The maximum absolute atomic E-state index is 12.9.